The number of hydrogen-bond acceptors (Lipinski definition) is 9. The van der Waals surface area contributed by atoms with Crippen molar-refractivity contribution in [3.05, 3.63) is 18.2 Å². The summed E-state index contributed by atoms with van der Waals surface area (Å²) in [5.41, 5.74) is 6.40. The Bertz CT molecular complexity index is 911. The van der Waals surface area contributed by atoms with E-state index in [9.17, 15) is 33.9 Å². The summed E-state index contributed by atoms with van der Waals surface area (Å²) in [6, 6.07) is -5.35. The number of thiol groups is 1. The Morgan fingerprint density at radius 2 is 1.40 bits per heavy atom. The molecular weight excluding hydrogens is 488 g/mol. The Morgan fingerprint density at radius 1 is 0.886 bits per heavy atom. The molecule has 1 aromatic rings. The first-order valence-electron chi connectivity index (χ1n) is 10.4. The molecule has 4 unspecified atom stereocenters. The topological polar surface area (TPSA) is 254 Å². The van der Waals surface area contributed by atoms with Gasteiger partial charge in [-0.05, 0) is 12.8 Å². The van der Waals surface area contributed by atoms with Crippen molar-refractivity contribution in [2.45, 2.75) is 56.3 Å². The van der Waals surface area contributed by atoms with Crippen LogP contribution in [0.1, 0.15) is 31.4 Å². The highest BCUT2D eigenvalue weighted by Crippen LogP contribution is 2.04. The number of aliphatic carboxylic acids is 3. The molecule has 1 rings (SSSR count). The average Bonchev–Trinajstić information content (AvgIpc) is 3.29. The van der Waals surface area contributed by atoms with E-state index < -0.39 is 79.1 Å². The first-order valence-corrected chi connectivity index (χ1v) is 11.0. The molecule has 1 aromatic heterocycles. The number of carbonyl (C=O) groups excluding carboxylic acids is 3. The predicted octanol–water partition coefficient (Wildman–Crippen LogP) is -2.52. The summed E-state index contributed by atoms with van der Waals surface area (Å²) < 4.78 is 0. The fraction of sp³-hybridized carbons (Fsp3) is 0.526. The molecule has 3 amide bonds. The van der Waals surface area contributed by atoms with Gasteiger partial charge in [0.1, 0.15) is 18.1 Å². The summed E-state index contributed by atoms with van der Waals surface area (Å²) in [6.45, 7) is 0. The van der Waals surface area contributed by atoms with Gasteiger partial charge in [0.2, 0.25) is 17.7 Å². The highest BCUT2D eigenvalue weighted by atomic mass is 32.1. The lowest BCUT2D eigenvalue weighted by Gasteiger charge is -2.24. The molecule has 0 bridgehead atoms. The number of rotatable bonds is 16. The van der Waals surface area contributed by atoms with Gasteiger partial charge in [-0.3, -0.25) is 24.0 Å². The molecule has 0 aromatic carbocycles. The molecule has 0 fully saturated rings. The van der Waals surface area contributed by atoms with Crippen LogP contribution < -0.4 is 21.7 Å². The normalized spacial score (nSPS) is 14.1. The van der Waals surface area contributed by atoms with Gasteiger partial charge >= 0.3 is 17.9 Å². The molecule has 4 atom stereocenters. The molecule has 0 aliphatic carbocycles. The number of carbonyl (C=O) groups is 6. The van der Waals surface area contributed by atoms with E-state index in [1.807, 2.05) is 0 Å². The van der Waals surface area contributed by atoms with Crippen molar-refractivity contribution in [3.63, 3.8) is 0 Å². The molecule has 0 aliphatic heterocycles. The van der Waals surface area contributed by atoms with E-state index >= 15 is 0 Å². The van der Waals surface area contributed by atoms with Crippen LogP contribution in [-0.2, 0) is 35.2 Å². The molecule has 9 N–H and O–H groups in total. The largest absolute Gasteiger partial charge is 0.481 e. The van der Waals surface area contributed by atoms with Crippen LogP contribution >= 0.6 is 12.6 Å². The SMILES string of the molecule is NC(Cc1cnc[nH]1)C(=O)NC(CCC(=O)O)C(=O)NC(CS)C(=O)NC(CCC(=O)O)C(=O)O. The van der Waals surface area contributed by atoms with E-state index in [-0.39, 0.29) is 18.6 Å². The van der Waals surface area contributed by atoms with E-state index in [0.29, 0.717) is 5.69 Å². The zero-order valence-electron chi connectivity index (χ0n) is 18.5. The lowest BCUT2D eigenvalue weighted by Crippen LogP contribution is -2.57. The average molecular weight is 517 g/mol. The Labute approximate surface area is 204 Å². The number of nitrogens with two attached hydrogens (primary N) is 1. The highest BCUT2D eigenvalue weighted by molar-refractivity contribution is 7.80. The smallest absolute Gasteiger partial charge is 0.326 e. The summed E-state index contributed by atoms with van der Waals surface area (Å²) in [6.07, 6.45) is 1.20. The van der Waals surface area contributed by atoms with Gasteiger partial charge in [-0.1, -0.05) is 0 Å². The third kappa shape index (κ3) is 10.9. The van der Waals surface area contributed by atoms with Gasteiger partial charge in [-0.15, -0.1) is 0 Å². The molecule has 16 heteroatoms. The zero-order valence-corrected chi connectivity index (χ0v) is 19.4. The van der Waals surface area contributed by atoms with Crippen molar-refractivity contribution in [1.82, 2.24) is 25.9 Å². The summed E-state index contributed by atoms with van der Waals surface area (Å²) in [4.78, 5) is 77.2. The lowest BCUT2D eigenvalue weighted by atomic mass is 10.1. The molecule has 0 spiro atoms. The molecule has 0 radical (unpaired) electrons. The van der Waals surface area contributed by atoms with E-state index in [1.165, 1.54) is 12.5 Å². The summed E-state index contributed by atoms with van der Waals surface area (Å²) >= 11 is 3.97. The minimum absolute atomic E-state index is 0.0632. The van der Waals surface area contributed by atoms with Gasteiger partial charge in [0.25, 0.3) is 0 Å². The Morgan fingerprint density at radius 3 is 1.89 bits per heavy atom. The number of amides is 3. The van der Waals surface area contributed by atoms with Gasteiger partial charge in [0, 0.05) is 36.9 Å². The fourth-order valence-electron chi connectivity index (χ4n) is 2.81. The third-order valence-electron chi connectivity index (χ3n) is 4.69. The number of H-pyrrole nitrogens is 1. The number of aromatic nitrogens is 2. The lowest BCUT2D eigenvalue weighted by molar-refractivity contribution is -0.143. The summed E-state index contributed by atoms with van der Waals surface area (Å²) in [5, 5.41) is 33.6. The van der Waals surface area contributed by atoms with Gasteiger partial charge in [-0.25, -0.2) is 9.78 Å². The standard InChI is InChI=1S/C19H28N6O9S/c20-10(5-9-6-21-8-22-9)16(30)23-11(1-3-14(26)27)17(31)25-13(7-35)18(32)24-12(19(33)34)2-4-15(28)29/h6,8,10-13,35H,1-5,7,20H2,(H,21,22)(H,23,30)(H,24,32)(H,25,31)(H,26,27)(H,28,29)(H,33,34). The van der Waals surface area contributed by atoms with Gasteiger partial charge < -0.3 is 42.0 Å². The van der Waals surface area contributed by atoms with Crippen molar-refractivity contribution in [2.24, 2.45) is 5.73 Å². The number of nitrogens with one attached hydrogen (secondary N) is 4. The maximum atomic E-state index is 12.8. The van der Waals surface area contributed by atoms with Gasteiger partial charge in [0.15, 0.2) is 0 Å². The number of imidazole rings is 1. The van der Waals surface area contributed by atoms with E-state index in [1.54, 1.807) is 0 Å². The number of carboxylic acid groups (broad SMARTS) is 3. The number of aromatic amines is 1. The molecule has 0 saturated carbocycles. The molecule has 0 saturated heterocycles. The first-order chi connectivity index (χ1) is 16.4. The Kier molecular flexibility index (Phi) is 12.2. The number of carboxylic acids is 3. The van der Waals surface area contributed by atoms with Crippen molar-refractivity contribution in [2.75, 3.05) is 5.75 Å². The second kappa shape index (κ2) is 14.6. The summed E-state index contributed by atoms with van der Waals surface area (Å²) in [5.74, 6) is -6.86. The minimum atomic E-state index is -1.53. The maximum absolute atomic E-state index is 12.8. The Hall–Kier alpha value is -3.66. The van der Waals surface area contributed by atoms with E-state index in [2.05, 4.69) is 38.5 Å². The highest BCUT2D eigenvalue weighted by Gasteiger charge is 2.30. The van der Waals surface area contributed by atoms with Crippen LogP contribution in [0.2, 0.25) is 0 Å². The molecular formula is C19H28N6O9S. The number of hydrogen-bond donors (Lipinski definition) is 9. The van der Waals surface area contributed by atoms with E-state index in [4.69, 9.17) is 15.9 Å². The molecule has 1 heterocycles. The minimum Gasteiger partial charge on any atom is -0.481 e. The fourth-order valence-corrected chi connectivity index (χ4v) is 3.06. The quantitative estimate of drug-likeness (QED) is 0.104. The predicted molar refractivity (Wildman–Crippen MR) is 121 cm³/mol. The van der Waals surface area contributed by atoms with Crippen LogP contribution in [0.3, 0.4) is 0 Å². The second-order valence-electron chi connectivity index (χ2n) is 7.46. The van der Waals surface area contributed by atoms with Crippen LogP contribution in [0.25, 0.3) is 0 Å². The summed E-state index contributed by atoms with van der Waals surface area (Å²) in [7, 11) is 0. The molecule has 35 heavy (non-hydrogen) atoms. The first kappa shape index (κ1) is 29.4. The van der Waals surface area contributed by atoms with Crippen LogP contribution in [0.4, 0.5) is 0 Å². The second-order valence-corrected chi connectivity index (χ2v) is 7.82. The van der Waals surface area contributed by atoms with Gasteiger partial charge in [0.05, 0.1) is 12.4 Å². The Balaban J connectivity index is 2.85. The maximum Gasteiger partial charge on any atom is 0.326 e. The van der Waals surface area contributed by atoms with Gasteiger partial charge in [-0.2, -0.15) is 12.6 Å². The number of nitrogens with zero attached hydrogens (tertiary/aromatic N) is 1. The molecule has 194 valence electrons. The zero-order chi connectivity index (χ0) is 26.5. The van der Waals surface area contributed by atoms with E-state index in [0.717, 1.165) is 0 Å². The monoisotopic (exact) mass is 516 g/mol. The third-order valence-corrected chi connectivity index (χ3v) is 5.05. The van der Waals surface area contributed by atoms with Crippen LogP contribution in [0.15, 0.2) is 12.5 Å². The van der Waals surface area contributed by atoms with Crippen molar-refractivity contribution < 1.29 is 44.1 Å². The van der Waals surface area contributed by atoms with Crippen molar-refractivity contribution in [1.29, 1.82) is 0 Å². The van der Waals surface area contributed by atoms with Crippen LogP contribution in [0, 0.1) is 0 Å². The molecule has 0 aliphatic rings. The van der Waals surface area contributed by atoms with Crippen molar-refractivity contribution >= 4 is 48.3 Å². The molecule has 15 nitrogen and oxygen atoms in total. The van der Waals surface area contributed by atoms with Crippen molar-refractivity contribution in [3.8, 4) is 0 Å². The van der Waals surface area contributed by atoms with Crippen LogP contribution in [-0.4, -0.2) is 90.8 Å². The van der Waals surface area contributed by atoms with Crippen LogP contribution in [0.5, 0.6) is 0 Å².